The number of halogens is 1. The van der Waals surface area contributed by atoms with Crippen molar-refractivity contribution in [1.29, 1.82) is 0 Å². The first kappa shape index (κ1) is 18.9. The van der Waals surface area contributed by atoms with E-state index >= 15 is 0 Å². The van der Waals surface area contributed by atoms with Gasteiger partial charge in [0.25, 0.3) is 11.1 Å². The molecule has 0 saturated carbocycles. The van der Waals surface area contributed by atoms with E-state index in [1.54, 1.807) is 12.1 Å². The zero-order valence-corrected chi connectivity index (χ0v) is 15.5. The Balaban J connectivity index is 1.41. The Kier molecular flexibility index (Phi) is 6.43. The number of anilines is 1. The van der Waals surface area contributed by atoms with Crippen molar-refractivity contribution in [3.05, 3.63) is 65.8 Å². The number of aromatic nitrogens is 2. The van der Waals surface area contributed by atoms with E-state index < -0.39 is 5.82 Å². The van der Waals surface area contributed by atoms with Gasteiger partial charge in [-0.05, 0) is 36.8 Å². The van der Waals surface area contributed by atoms with Gasteiger partial charge in [0.2, 0.25) is 5.91 Å². The molecule has 2 aromatic carbocycles. The largest absolute Gasteiger partial charge is 0.484 e. The number of hydrogen-bond donors (Lipinski definition) is 1. The molecule has 3 rings (SSSR count). The van der Waals surface area contributed by atoms with E-state index in [2.05, 4.69) is 15.5 Å². The zero-order chi connectivity index (χ0) is 19.1. The first-order chi connectivity index (χ1) is 13.1. The second-order valence-corrected chi connectivity index (χ2v) is 6.74. The van der Waals surface area contributed by atoms with Crippen LogP contribution in [0, 0.1) is 12.7 Å². The minimum absolute atomic E-state index is 0.167. The van der Waals surface area contributed by atoms with E-state index in [1.165, 1.54) is 23.9 Å². The third-order valence-corrected chi connectivity index (χ3v) is 4.32. The molecule has 27 heavy (non-hydrogen) atoms. The van der Waals surface area contributed by atoms with Crippen molar-refractivity contribution in [3.63, 3.8) is 0 Å². The molecule has 0 fully saturated rings. The number of carbonyl (C=O) groups is 1. The van der Waals surface area contributed by atoms with Crippen molar-refractivity contribution in [1.82, 2.24) is 10.2 Å². The fourth-order valence-corrected chi connectivity index (χ4v) is 2.93. The maximum atomic E-state index is 13.5. The molecule has 0 aliphatic heterocycles. The van der Waals surface area contributed by atoms with Crippen molar-refractivity contribution in [2.45, 2.75) is 25.2 Å². The molecule has 0 aliphatic rings. The van der Waals surface area contributed by atoms with Crippen LogP contribution >= 0.6 is 11.8 Å². The van der Waals surface area contributed by atoms with Crippen molar-refractivity contribution in [2.75, 3.05) is 11.1 Å². The third kappa shape index (κ3) is 5.82. The Morgan fingerprint density at radius 3 is 2.89 bits per heavy atom. The fourth-order valence-electron chi connectivity index (χ4n) is 2.21. The second kappa shape index (κ2) is 9.18. The zero-order valence-electron chi connectivity index (χ0n) is 14.6. The minimum Gasteiger partial charge on any atom is -0.484 e. The molecule has 0 bridgehead atoms. The highest BCUT2D eigenvalue weighted by Crippen LogP contribution is 2.19. The van der Waals surface area contributed by atoms with Crippen LogP contribution < -0.4 is 10.1 Å². The van der Waals surface area contributed by atoms with E-state index in [-0.39, 0.29) is 24.6 Å². The molecule has 0 aliphatic carbocycles. The van der Waals surface area contributed by atoms with Crippen LogP contribution in [0.2, 0.25) is 0 Å². The number of ether oxygens (including phenoxy) is 1. The Labute approximate surface area is 160 Å². The number of hydrogen-bond acceptors (Lipinski definition) is 6. The fraction of sp³-hybridized carbons (Fsp3) is 0.211. The number of thioether (sulfide) groups is 1. The smallest absolute Gasteiger partial charge is 0.276 e. The highest BCUT2D eigenvalue weighted by molar-refractivity contribution is 7.99. The molecule has 1 amide bonds. The molecule has 0 unspecified atom stereocenters. The summed E-state index contributed by atoms with van der Waals surface area (Å²) in [6.45, 7) is 2.15. The molecular weight excluding hydrogens is 369 g/mol. The Morgan fingerprint density at radius 1 is 1.22 bits per heavy atom. The summed E-state index contributed by atoms with van der Waals surface area (Å²) in [5.41, 5.74) is 1.27. The molecule has 0 saturated heterocycles. The van der Waals surface area contributed by atoms with Gasteiger partial charge in [0.15, 0.2) is 6.61 Å². The van der Waals surface area contributed by atoms with Gasteiger partial charge in [-0.1, -0.05) is 36.0 Å². The summed E-state index contributed by atoms with van der Waals surface area (Å²) in [7, 11) is 0. The lowest BCUT2D eigenvalue weighted by Crippen LogP contribution is -2.13. The number of nitrogens with zero attached hydrogens (tertiary/aromatic N) is 2. The van der Waals surface area contributed by atoms with Crippen LogP contribution in [0.3, 0.4) is 0 Å². The lowest BCUT2D eigenvalue weighted by atomic mass is 10.2. The predicted octanol–water partition coefficient (Wildman–Crippen LogP) is 4.22. The number of amides is 1. The molecule has 0 spiro atoms. The number of rotatable bonds is 8. The Bertz CT molecular complexity index is 916. The highest BCUT2D eigenvalue weighted by atomic mass is 32.2. The monoisotopic (exact) mass is 387 g/mol. The maximum Gasteiger partial charge on any atom is 0.276 e. The molecule has 1 heterocycles. The van der Waals surface area contributed by atoms with Gasteiger partial charge in [-0.2, -0.15) is 0 Å². The first-order valence-corrected chi connectivity index (χ1v) is 9.28. The summed E-state index contributed by atoms with van der Waals surface area (Å²) in [6, 6.07) is 13.7. The summed E-state index contributed by atoms with van der Waals surface area (Å²) in [5, 5.41) is 10.7. The molecular formula is C19H18FN3O3S. The summed E-state index contributed by atoms with van der Waals surface area (Å²) >= 11 is 1.26. The normalized spacial score (nSPS) is 10.6. The standard InChI is InChI=1S/C19H18FN3O3S/c1-13-5-4-6-14(11-13)25-12-18-22-23-19(26-18)27-10-9-17(24)21-16-8-3-2-7-15(16)20/h2-8,11H,9-10,12H2,1H3,(H,21,24). The Morgan fingerprint density at radius 2 is 2.07 bits per heavy atom. The van der Waals surface area contributed by atoms with Crippen LogP contribution in [0.1, 0.15) is 17.9 Å². The molecule has 1 N–H and O–H groups in total. The second-order valence-electron chi connectivity index (χ2n) is 5.69. The summed E-state index contributed by atoms with van der Waals surface area (Å²) in [5.74, 6) is 0.770. The van der Waals surface area contributed by atoms with Gasteiger partial charge >= 0.3 is 0 Å². The number of nitrogens with one attached hydrogen (secondary N) is 1. The van der Waals surface area contributed by atoms with Crippen molar-refractivity contribution in [3.8, 4) is 5.75 Å². The topological polar surface area (TPSA) is 77.2 Å². The van der Waals surface area contributed by atoms with Crippen LogP contribution in [0.15, 0.2) is 58.2 Å². The molecule has 3 aromatic rings. The Hall–Kier alpha value is -2.87. The quantitative estimate of drug-likeness (QED) is 0.583. The van der Waals surface area contributed by atoms with Gasteiger partial charge in [0.05, 0.1) is 5.69 Å². The molecule has 8 heteroatoms. The van der Waals surface area contributed by atoms with Gasteiger partial charge in [-0.25, -0.2) is 4.39 Å². The number of benzene rings is 2. The predicted molar refractivity (Wildman–Crippen MR) is 100 cm³/mol. The molecule has 140 valence electrons. The lowest BCUT2D eigenvalue weighted by Gasteiger charge is -2.05. The lowest BCUT2D eigenvalue weighted by molar-refractivity contribution is -0.115. The van der Waals surface area contributed by atoms with Crippen LogP contribution in [0.4, 0.5) is 10.1 Å². The summed E-state index contributed by atoms with van der Waals surface area (Å²) in [6.07, 6.45) is 0.191. The number of para-hydroxylation sites is 1. The minimum atomic E-state index is -0.464. The van der Waals surface area contributed by atoms with Crippen LogP contribution in [-0.4, -0.2) is 21.9 Å². The van der Waals surface area contributed by atoms with Crippen molar-refractivity contribution in [2.24, 2.45) is 0 Å². The van der Waals surface area contributed by atoms with Crippen LogP contribution in [0.5, 0.6) is 5.75 Å². The van der Waals surface area contributed by atoms with Gasteiger partial charge in [-0.15, -0.1) is 10.2 Å². The van der Waals surface area contributed by atoms with Gasteiger partial charge in [-0.3, -0.25) is 4.79 Å². The molecule has 6 nitrogen and oxygen atoms in total. The average Bonchev–Trinajstić information content (AvgIpc) is 3.10. The van der Waals surface area contributed by atoms with E-state index in [1.807, 2.05) is 31.2 Å². The van der Waals surface area contributed by atoms with E-state index in [0.29, 0.717) is 16.9 Å². The molecule has 1 aromatic heterocycles. The van der Waals surface area contributed by atoms with Crippen molar-refractivity contribution < 1.29 is 18.3 Å². The SMILES string of the molecule is Cc1cccc(OCc2nnc(SCCC(=O)Nc3ccccc3F)o2)c1. The van der Waals surface area contributed by atoms with Gasteiger partial charge in [0, 0.05) is 12.2 Å². The number of aryl methyl sites for hydroxylation is 1. The first-order valence-electron chi connectivity index (χ1n) is 8.29. The molecule has 0 atom stereocenters. The van der Waals surface area contributed by atoms with E-state index in [4.69, 9.17) is 9.15 Å². The van der Waals surface area contributed by atoms with E-state index in [9.17, 15) is 9.18 Å². The third-order valence-electron chi connectivity index (χ3n) is 3.50. The van der Waals surface area contributed by atoms with Gasteiger partial charge < -0.3 is 14.5 Å². The summed E-state index contributed by atoms with van der Waals surface area (Å²) in [4.78, 5) is 11.9. The van der Waals surface area contributed by atoms with Crippen molar-refractivity contribution >= 4 is 23.4 Å². The van der Waals surface area contributed by atoms with Crippen LogP contribution in [-0.2, 0) is 11.4 Å². The summed E-state index contributed by atoms with van der Waals surface area (Å²) < 4.78 is 24.6. The maximum absolute atomic E-state index is 13.5. The van der Waals surface area contributed by atoms with Crippen LogP contribution in [0.25, 0.3) is 0 Å². The molecule has 0 radical (unpaired) electrons. The highest BCUT2D eigenvalue weighted by Gasteiger charge is 2.10. The number of carbonyl (C=O) groups excluding carboxylic acids is 1. The van der Waals surface area contributed by atoms with E-state index in [0.717, 1.165) is 11.3 Å². The van der Waals surface area contributed by atoms with Gasteiger partial charge in [0.1, 0.15) is 11.6 Å². The average molecular weight is 387 g/mol.